The molecule has 30 heavy (non-hydrogen) atoms. The number of amides is 1. The Bertz CT molecular complexity index is 804. The lowest BCUT2D eigenvalue weighted by atomic mass is 9.85. The molecule has 0 radical (unpaired) electrons. The average Bonchev–Trinajstić information content (AvgIpc) is 3.07. The molecule has 0 saturated heterocycles. The van der Waals surface area contributed by atoms with Gasteiger partial charge in [-0.2, -0.15) is 0 Å². The van der Waals surface area contributed by atoms with Gasteiger partial charge in [-0.1, -0.05) is 92.8 Å². The summed E-state index contributed by atoms with van der Waals surface area (Å²) in [6.45, 7) is 0.600. The molecule has 1 heterocycles. The number of carbonyl (C=O) groups excluding carboxylic acids is 1. The topological polar surface area (TPSA) is 58.7 Å². The van der Waals surface area contributed by atoms with Crippen LogP contribution in [0.15, 0.2) is 65.7 Å². The number of hydrogen-bond acceptors (Lipinski definition) is 3. The SMILES string of the molecule is NC1=NC(CCC2CCCCC2)C(=O)N1CCC(c1ccccc1)c1ccccc1. The second-order valence-electron chi connectivity index (χ2n) is 8.74. The van der Waals surface area contributed by atoms with Crippen LogP contribution < -0.4 is 5.73 Å². The highest BCUT2D eigenvalue weighted by Gasteiger charge is 2.33. The van der Waals surface area contributed by atoms with Crippen LogP contribution in [-0.2, 0) is 4.79 Å². The second-order valence-corrected chi connectivity index (χ2v) is 8.74. The van der Waals surface area contributed by atoms with E-state index in [4.69, 9.17) is 5.73 Å². The van der Waals surface area contributed by atoms with Crippen LogP contribution in [0.2, 0.25) is 0 Å². The Morgan fingerprint density at radius 2 is 1.50 bits per heavy atom. The van der Waals surface area contributed by atoms with Crippen molar-refractivity contribution >= 4 is 11.9 Å². The lowest BCUT2D eigenvalue weighted by Gasteiger charge is -2.23. The van der Waals surface area contributed by atoms with Crippen LogP contribution in [0.4, 0.5) is 0 Å². The van der Waals surface area contributed by atoms with E-state index in [0.29, 0.717) is 12.5 Å². The van der Waals surface area contributed by atoms with Gasteiger partial charge in [0, 0.05) is 12.5 Å². The normalized spacial score (nSPS) is 20.0. The Labute approximate surface area is 180 Å². The van der Waals surface area contributed by atoms with E-state index in [0.717, 1.165) is 25.2 Å². The molecule has 1 atom stereocenters. The second kappa shape index (κ2) is 9.92. The molecule has 1 saturated carbocycles. The van der Waals surface area contributed by atoms with Gasteiger partial charge >= 0.3 is 0 Å². The fraction of sp³-hybridized carbons (Fsp3) is 0.462. The first kappa shape index (κ1) is 20.6. The molecule has 1 unspecified atom stereocenters. The van der Waals surface area contributed by atoms with E-state index < -0.39 is 0 Å². The Kier molecular flexibility index (Phi) is 6.83. The van der Waals surface area contributed by atoms with E-state index in [-0.39, 0.29) is 17.9 Å². The maximum atomic E-state index is 13.0. The molecular formula is C26H33N3O. The van der Waals surface area contributed by atoms with Gasteiger partial charge in [0.15, 0.2) is 5.96 Å². The van der Waals surface area contributed by atoms with Gasteiger partial charge in [-0.15, -0.1) is 0 Å². The summed E-state index contributed by atoms with van der Waals surface area (Å²) in [5.41, 5.74) is 8.71. The number of nitrogens with two attached hydrogens (primary N) is 1. The van der Waals surface area contributed by atoms with Crippen molar-refractivity contribution < 1.29 is 4.79 Å². The third kappa shape index (κ3) is 4.92. The number of hydrogen-bond donors (Lipinski definition) is 1. The van der Waals surface area contributed by atoms with Crippen LogP contribution in [-0.4, -0.2) is 29.4 Å². The molecule has 2 aromatic rings. The highest BCUT2D eigenvalue weighted by Crippen LogP contribution is 2.31. The summed E-state index contributed by atoms with van der Waals surface area (Å²) < 4.78 is 0. The molecule has 0 bridgehead atoms. The monoisotopic (exact) mass is 403 g/mol. The molecule has 4 heteroatoms. The van der Waals surface area contributed by atoms with E-state index in [1.807, 2.05) is 12.1 Å². The number of guanidine groups is 1. The molecule has 4 rings (SSSR count). The number of benzene rings is 2. The number of nitrogens with zero attached hydrogens (tertiary/aromatic N) is 2. The van der Waals surface area contributed by atoms with E-state index in [9.17, 15) is 4.79 Å². The van der Waals surface area contributed by atoms with Gasteiger partial charge in [-0.05, 0) is 36.3 Å². The number of aliphatic imine (C=N–C) groups is 1. The smallest absolute Gasteiger partial charge is 0.254 e. The highest BCUT2D eigenvalue weighted by molar-refractivity contribution is 6.04. The molecular weight excluding hydrogens is 370 g/mol. The first-order valence-electron chi connectivity index (χ1n) is 11.5. The molecule has 1 aliphatic carbocycles. The molecule has 1 aliphatic heterocycles. The zero-order valence-corrected chi connectivity index (χ0v) is 17.7. The summed E-state index contributed by atoms with van der Waals surface area (Å²) in [4.78, 5) is 19.2. The van der Waals surface area contributed by atoms with E-state index in [1.165, 1.54) is 43.2 Å². The summed E-state index contributed by atoms with van der Waals surface area (Å²) in [5, 5.41) is 0. The number of carbonyl (C=O) groups is 1. The van der Waals surface area contributed by atoms with Gasteiger partial charge in [0.05, 0.1) is 0 Å². The van der Waals surface area contributed by atoms with Crippen molar-refractivity contribution in [3.63, 3.8) is 0 Å². The lowest BCUT2D eigenvalue weighted by molar-refractivity contribution is -0.127. The Balaban J connectivity index is 1.39. The molecule has 158 valence electrons. The quantitative estimate of drug-likeness (QED) is 0.667. The molecule has 4 nitrogen and oxygen atoms in total. The van der Waals surface area contributed by atoms with Crippen LogP contribution >= 0.6 is 0 Å². The molecule has 1 fully saturated rings. The van der Waals surface area contributed by atoms with E-state index in [1.54, 1.807) is 4.90 Å². The molecule has 0 spiro atoms. The van der Waals surface area contributed by atoms with Crippen LogP contribution in [0.3, 0.4) is 0 Å². The first-order valence-corrected chi connectivity index (χ1v) is 11.5. The standard InChI is InChI=1S/C26H33N3O/c27-26-28-24(17-16-20-10-4-1-5-11-20)25(30)29(26)19-18-23(21-12-6-2-7-13-21)22-14-8-3-9-15-22/h2-3,6-9,12-15,20,23-24H,1,4-5,10-11,16-19H2,(H2,27,28). The minimum atomic E-state index is -0.279. The van der Waals surface area contributed by atoms with Gasteiger partial charge in [0.1, 0.15) is 6.04 Å². The van der Waals surface area contributed by atoms with E-state index in [2.05, 4.69) is 53.5 Å². The minimum absolute atomic E-state index is 0.0863. The summed E-state index contributed by atoms with van der Waals surface area (Å²) in [7, 11) is 0. The van der Waals surface area contributed by atoms with Crippen LogP contribution in [0.1, 0.15) is 68.4 Å². The molecule has 2 aromatic carbocycles. The molecule has 1 amide bonds. The Hall–Kier alpha value is -2.62. The fourth-order valence-electron chi connectivity index (χ4n) is 5.01. The predicted octanol–water partition coefficient (Wildman–Crippen LogP) is 5.09. The van der Waals surface area contributed by atoms with E-state index >= 15 is 0 Å². The van der Waals surface area contributed by atoms with Gasteiger partial charge in [-0.25, -0.2) is 4.99 Å². The maximum Gasteiger partial charge on any atom is 0.254 e. The van der Waals surface area contributed by atoms with Crippen molar-refractivity contribution in [2.45, 2.75) is 63.3 Å². The average molecular weight is 404 g/mol. The number of rotatable bonds is 8. The Morgan fingerprint density at radius 1 is 0.900 bits per heavy atom. The lowest BCUT2D eigenvalue weighted by Crippen LogP contribution is -2.40. The Morgan fingerprint density at radius 3 is 2.10 bits per heavy atom. The largest absolute Gasteiger partial charge is 0.369 e. The summed E-state index contributed by atoms with van der Waals surface area (Å²) in [6.07, 6.45) is 9.40. The van der Waals surface area contributed by atoms with Crippen molar-refractivity contribution in [1.29, 1.82) is 0 Å². The highest BCUT2D eigenvalue weighted by atomic mass is 16.2. The molecule has 2 N–H and O–H groups in total. The zero-order chi connectivity index (χ0) is 20.8. The fourth-order valence-corrected chi connectivity index (χ4v) is 5.01. The van der Waals surface area contributed by atoms with Gasteiger partial charge in [-0.3, -0.25) is 9.69 Å². The maximum absolute atomic E-state index is 13.0. The molecule has 0 aromatic heterocycles. The third-order valence-electron chi connectivity index (χ3n) is 6.73. The van der Waals surface area contributed by atoms with Crippen molar-refractivity contribution in [2.75, 3.05) is 6.54 Å². The first-order chi connectivity index (χ1) is 14.7. The van der Waals surface area contributed by atoms with Crippen molar-refractivity contribution in [1.82, 2.24) is 4.90 Å². The van der Waals surface area contributed by atoms with Crippen molar-refractivity contribution in [3.8, 4) is 0 Å². The molecule has 2 aliphatic rings. The van der Waals surface area contributed by atoms with Gasteiger partial charge in [0.2, 0.25) is 0 Å². The summed E-state index contributed by atoms with van der Waals surface area (Å²) in [5.74, 6) is 1.48. The van der Waals surface area contributed by atoms with Crippen molar-refractivity contribution in [2.24, 2.45) is 16.6 Å². The van der Waals surface area contributed by atoms with Gasteiger partial charge in [0.25, 0.3) is 5.91 Å². The summed E-state index contributed by atoms with van der Waals surface area (Å²) >= 11 is 0. The van der Waals surface area contributed by atoms with Gasteiger partial charge < -0.3 is 5.73 Å². The predicted molar refractivity (Wildman–Crippen MR) is 122 cm³/mol. The third-order valence-corrected chi connectivity index (χ3v) is 6.73. The minimum Gasteiger partial charge on any atom is -0.369 e. The van der Waals surface area contributed by atoms with Crippen LogP contribution in [0.25, 0.3) is 0 Å². The zero-order valence-electron chi connectivity index (χ0n) is 17.7. The van der Waals surface area contributed by atoms with Crippen molar-refractivity contribution in [3.05, 3.63) is 71.8 Å². The summed E-state index contributed by atoms with van der Waals surface area (Å²) in [6, 6.07) is 20.7. The van der Waals surface area contributed by atoms with Crippen LogP contribution in [0.5, 0.6) is 0 Å². The van der Waals surface area contributed by atoms with Crippen LogP contribution in [0, 0.1) is 5.92 Å².